The first-order chi connectivity index (χ1) is 6.25. The van der Waals surface area contributed by atoms with Gasteiger partial charge >= 0.3 is 0 Å². The smallest absolute Gasteiger partial charge is 0.0916 e. The maximum Gasteiger partial charge on any atom is 0.0916 e. The molecule has 0 saturated carbocycles. The molecule has 0 radical (unpaired) electrons. The van der Waals surface area contributed by atoms with Crippen molar-refractivity contribution < 1.29 is 5.11 Å². The van der Waals surface area contributed by atoms with E-state index in [1.165, 1.54) is 0 Å². The predicted molar refractivity (Wildman–Crippen MR) is 63.2 cm³/mol. The Balaban J connectivity index is 3.16. The van der Waals surface area contributed by atoms with Crippen LogP contribution in [0.2, 0.25) is 0 Å². The van der Waals surface area contributed by atoms with Gasteiger partial charge in [-0.2, -0.15) is 0 Å². The van der Waals surface area contributed by atoms with E-state index in [0.717, 1.165) is 10.0 Å². The molecular formula is C12H17BrO. The van der Waals surface area contributed by atoms with Crippen LogP contribution in [0.3, 0.4) is 0 Å². The van der Waals surface area contributed by atoms with Gasteiger partial charge in [-0.1, -0.05) is 48.8 Å². The summed E-state index contributed by atoms with van der Waals surface area (Å²) >= 11 is 3.41. The second kappa shape index (κ2) is 3.67. The Bertz CT molecular complexity index is 323. The molecule has 1 atom stereocenters. The molecule has 1 N–H and O–H groups in total. The van der Waals surface area contributed by atoms with Gasteiger partial charge in [0, 0.05) is 4.47 Å². The molecule has 0 bridgehead atoms. The van der Waals surface area contributed by atoms with E-state index in [4.69, 9.17) is 0 Å². The summed E-state index contributed by atoms with van der Waals surface area (Å²) in [5.41, 5.74) is -0.0377. The molecule has 0 aliphatic heterocycles. The highest BCUT2D eigenvalue weighted by atomic mass is 79.9. The van der Waals surface area contributed by atoms with Gasteiger partial charge in [0.2, 0.25) is 0 Å². The molecule has 1 rings (SSSR count). The zero-order chi connectivity index (χ0) is 11.0. The van der Waals surface area contributed by atoms with E-state index in [1.54, 1.807) is 0 Å². The Hall–Kier alpha value is -0.340. The minimum Gasteiger partial charge on any atom is -0.385 e. The average Bonchev–Trinajstić information content (AvgIpc) is 2.02. The fourth-order valence-corrected chi connectivity index (χ4v) is 1.62. The summed E-state index contributed by atoms with van der Waals surface area (Å²) in [4.78, 5) is 0. The molecule has 0 aromatic heterocycles. The van der Waals surface area contributed by atoms with E-state index in [2.05, 4.69) is 15.9 Å². The first-order valence-corrected chi connectivity index (χ1v) is 5.53. The third kappa shape index (κ3) is 2.18. The number of benzene rings is 1. The fraction of sp³-hybridized carbons (Fsp3) is 0.500. The first-order valence-electron chi connectivity index (χ1n) is 4.73. The number of aliphatic hydroxyl groups is 1. The van der Waals surface area contributed by atoms with Crippen molar-refractivity contribution in [2.75, 3.05) is 0 Å². The fourth-order valence-electron chi connectivity index (χ4n) is 1.22. The third-order valence-electron chi connectivity index (χ3n) is 2.85. The van der Waals surface area contributed by atoms with E-state index in [9.17, 15) is 5.11 Å². The summed E-state index contributed by atoms with van der Waals surface area (Å²) in [5.74, 6) is 0. The van der Waals surface area contributed by atoms with Gasteiger partial charge in [-0.25, -0.2) is 0 Å². The number of hydrogen-bond donors (Lipinski definition) is 1. The maximum absolute atomic E-state index is 10.4. The van der Waals surface area contributed by atoms with Gasteiger partial charge < -0.3 is 5.11 Å². The summed E-state index contributed by atoms with van der Waals surface area (Å²) in [7, 11) is 0. The summed E-state index contributed by atoms with van der Waals surface area (Å²) in [6.07, 6.45) is 0. The number of halogens is 1. The highest BCUT2D eigenvalue weighted by Gasteiger charge is 2.36. The molecule has 0 fully saturated rings. The quantitative estimate of drug-likeness (QED) is 0.813. The van der Waals surface area contributed by atoms with Crippen molar-refractivity contribution in [1.29, 1.82) is 0 Å². The standard InChI is InChI=1S/C12H17BrO/c1-11(2,3)12(4,14)9-6-5-7-10(13)8-9/h5-8,14H,1-4H3. The second-order valence-electron chi connectivity index (χ2n) is 4.83. The Morgan fingerprint density at radius 1 is 1.14 bits per heavy atom. The topological polar surface area (TPSA) is 20.2 Å². The predicted octanol–water partition coefficient (Wildman–Crippen LogP) is 3.70. The van der Waals surface area contributed by atoms with Crippen LogP contribution < -0.4 is 0 Å². The molecule has 2 heteroatoms. The van der Waals surface area contributed by atoms with Crippen LogP contribution in [0.25, 0.3) is 0 Å². The van der Waals surface area contributed by atoms with E-state index < -0.39 is 5.60 Å². The molecule has 1 aromatic carbocycles. The van der Waals surface area contributed by atoms with E-state index >= 15 is 0 Å². The SMILES string of the molecule is CC(C)(C)C(C)(O)c1cccc(Br)c1. The lowest BCUT2D eigenvalue weighted by atomic mass is 9.73. The zero-order valence-electron chi connectivity index (χ0n) is 9.13. The van der Waals surface area contributed by atoms with Crippen molar-refractivity contribution in [3.63, 3.8) is 0 Å². The zero-order valence-corrected chi connectivity index (χ0v) is 10.7. The van der Waals surface area contributed by atoms with Crippen molar-refractivity contribution in [2.45, 2.75) is 33.3 Å². The van der Waals surface area contributed by atoms with Crippen LogP contribution in [0.15, 0.2) is 28.7 Å². The van der Waals surface area contributed by atoms with Crippen LogP contribution in [0.1, 0.15) is 33.3 Å². The summed E-state index contributed by atoms with van der Waals surface area (Å²) in [6.45, 7) is 7.96. The van der Waals surface area contributed by atoms with Crippen molar-refractivity contribution in [2.24, 2.45) is 5.41 Å². The minimum absolute atomic E-state index is 0.173. The van der Waals surface area contributed by atoms with Crippen LogP contribution in [-0.2, 0) is 5.60 Å². The molecule has 0 heterocycles. The highest BCUT2D eigenvalue weighted by molar-refractivity contribution is 9.10. The van der Waals surface area contributed by atoms with Crippen LogP contribution >= 0.6 is 15.9 Å². The van der Waals surface area contributed by atoms with E-state index in [0.29, 0.717) is 0 Å². The number of hydrogen-bond acceptors (Lipinski definition) is 1. The maximum atomic E-state index is 10.4. The van der Waals surface area contributed by atoms with E-state index in [1.807, 2.05) is 52.0 Å². The molecule has 0 spiro atoms. The molecule has 1 nitrogen and oxygen atoms in total. The molecule has 14 heavy (non-hydrogen) atoms. The van der Waals surface area contributed by atoms with Crippen LogP contribution in [0.5, 0.6) is 0 Å². The summed E-state index contributed by atoms with van der Waals surface area (Å²) in [5, 5.41) is 10.4. The van der Waals surface area contributed by atoms with Crippen molar-refractivity contribution in [3.8, 4) is 0 Å². The van der Waals surface area contributed by atoms with Gasteiger partial charge in [-0.05, 0) is 30.0 Å². The largest absolute Gasteiger partial charge is 0.385 e. The first kappa shape index (κ1) is 11.7. The summed E-state index contributed by atoms with van der Waals surface area (Å²) < 4.78 is 1.000. The lowest BCUT2D eigenvalue weighted by Gasteiger charge is -2.37. The van der Waals surface area contributed by atoms with Crippen LogP contribution in [0.4, 0.5) is 0 Å². The molecule has 1 unspecified atom stereocenters. The van der Waals surface area contributed by atoms with Gasteiger partial charge in [-0.15, -0.1) is 0 Å². The van der Waals surface area contributed by atoms with Crippen molar-refractivity contribution >= 4 is 15.9 Å². The molecule has 1 aromatic rings. The lowest BCUT2D eigenvalue weighted by Crippen LogP contribution is -2.36. The monoisotopic (exact) mass is 256 g/mol. The molecule has 0 aliphatic rings. The van der Waals surface area contributed by atoms with Gasteiger partial charge in [0.05, 0.1) is 5.60 Å². The molecule has 78 valence electrons. The van der Waals surface area contributed by atoms with Crippen molar-refractivity contribution in [1.82, 2.24) is 0 Å². The van der Waals surface area contributed by atoms with E-state index in [-0.39, 0.29) is 5.41 Å². The van der Waals surface area contributed by atoms with Crippen LogP contribution in [0, 0.1) is 5.41 Å². The molecule has 0 saturated heterocycles. The van der Waals surface area contributed by atoms with Gasteiger partial charge in [0.15, 0.2) is 0 Å². The Morgan fingerprint density at radius 3 is 2.14 bits per heavy atom. The number of rotatable bonds is 1. The Kier molecular flexibility index (Phi) is 3.07. The minimum atomic E-state index is -0.809. The summed E-state index contributed by atoms with van der Waals surface area (Å²) in [6, 6.07) is 7.82. The van der Waals surface area contributed by atoms with Crippen LogP contribution in [-0.4, -0.2) is 5.11 Å². The molecular weight excluding hydrogens is 240 g/mol. The molecule has 0 amide bonds. The third-order valence-corrected chi connectivity index (χ3v) is 3.34. The highest BCUT2D eigenvalue weighted by Crippen LogP contribution is 2.39. The second-order valence-corrected chi connectivity index (χ2v) is 5.75. The average molecular weight is 257 g/mol. The van der Waals surface area contributed by atoms with Gasteiger partial charge in [0.1, 0.15) is 0 Å². The van der Waals surface area contributed by atoms with Crippen molar-refractivity contribution in [3.05, 3.63) is 34.3 Å². The van der Waals surface area contributed by atoms with Gasteiger partial charge in [0.25, 0.3) is 0 Å². The normalized spacial score (nSPS) is 16.4. The lowest BCUT2D eigenvalue weighted by molar-refractivity contribution is -0.0470. The van der Waals surface area contributed by atoms with Gasteiger partial charge in [-0.3, -0.25) is 0 Å². The molecule has 0 aliphatic carbocycles. The Labute approximate surface area is 94.3 Å². The Morgan fingerprint density at radius 2 is 1.71 bits per heavy atom.